The van der Waals surface area contributed by atoms with E-state index in [2.05, 4.69) is 33.8 Å². The lowest BCUT2D eigenvalue weighted by Gasteiger charge is -2.16. The number of nitrogen functional groups attached to an aromatic ring is 1. The summed E-state index contributed by atoms with van der Waals surface area (Å²) in [6, 6.07) is 0.762. The summed E-state index contributed by atoms with van der Waals surface area (Å²) in [6.45, 7) is 6.78. The molecule has 3 N–H and O–H groups in total. The van der Waals surface area contributed by atoms with Gasteiger partial charge < -0.3 is 25.4 Å². The van der Waals surface area contributed by atoms with Crippen molar-refractivity contribution in [2.75, 3.05) is 39.6 Å². The molecule has 4 rings (SSSR count). The summed E-state index contributed by atoms with van der Waals surface area (Å²) in [7, 11) is 2.48. The van der Waals surface area contributed by atoms with E-state index in [-0.39, 0.29) is 51.8 Å². The molecule has 0 spiro atoms. The van der Waals surface area contributed by atoms with Crippen molar-refractivity contribution < 1.29 is 27.8 Å². The predicted octanol–water partition coefficient (Wildman–Crippen LogP) is 3.20. The van der Waals surface area contributed by atoms with E-state index in [1.165, 1.54) is 26.5 Å². The SMILES string of the molecule is C=CC(=O)N1CCC(n2nc(C#Cc3c(F)c(OC)cc(OC)c3F)c3c(N)ncc(C(=O)NCCCC)c32)C1. The van der Waals surface area contributed by atoms with Crippen molar-refractivity contribution in [1.82, 2.24) is 25.0 Å². The van der Waals surface area contributed by atoms with Crippen LogP contribution >= 0.6 is 0 Å². The Hall–Kier alpha value is -4.66. The van der Waals surface area contributed by atoms with Crippen LogP contribution in [0.3, 0.4) is 0 Å². The third kappa shape index (κ3) is 5.27. The van der Waals surface area contributed by atoms with Crippen molar-refractivity contribution in [2.24, 2.45) is 0 Å². The number of hydrogen-bond donors (Lipinski definition) is 2. The number of anilines is 1. The number of methoxy groups -OCH3 is 2. The van der Waals surface area contributed by atoms with Gasteiger partial charge in [-0.25, -0.2) is 13.8 Å². The molecule has 10 nitrogen and oxygen atoms in total. The van der Waals surface area contributed by atoms with Gasteiger partial charge in [0.1, 0.15) is 17.1 Å². The van der Waals surface area contributed by atoms with E-state index >= 15 is 0 Å². The molecule has 3 heterocycles. The number of amides is 2. The Morgan fingerprint density at radius 3 is 2.58 bits per heavy atom. The molecular weight excluding hydrogens is 522 g/mol. The lowest BCUT2D eigenvalue weighted by molar-refractivity contribution is -0.125. The van der Waals surface area contributed by atoms with Crippen LogP contribution in [0, 0.1) is 23.5 Å². The molecule has 2 amide bonds. The zero-order valence-corrected chi connectivity index (χ0v) is 22.5. The molecule has 1 aliphatic rings. The second kappa shape index (κ2) is 12.0. The summed E-state index contributed by atoms with van der Waals surface area (Å²) in [6.07, 6.45) is 4.82. The molecule has 1 atom stereocenters. The molecule has 1 unspecified atom stereocenters. The maximum atomic E-state index is 15.0. The molecule has 3 aromatic rings. The molecule has 12 heteroatoms. The smallest absolute Gasteiger partial charge is 0.255 e. The highest BCUT2D eigenvalue weighted by Crippen LogP contribution is 2.33. The first-order valence-corrected chi connectivity index (χ1v) is 12.7. The first-order chi connectivity index (χ1) is 19.2. The number of aromatic nitrogens is 3. The van der Waals surface area contributed by atoms with Crippen molar-refractivity contribution in [3.63, 3.8) is 0 Å². The quantitative estimate of drug-likeness (QED) is 0.250. The van der Waals surface area contributed by atoms with E-state index in [1.54, 1.807) is 9.58 Å². The highest BCUT2D eigenvalue weighted by atomic mass is 19.1. The maximum absolute atomic E-state index is 15.0. The van der Waals surface area contributed by atoms with Crippen molar-refractivity contribution in [1.29, 1.82) is 0 Å². The monoisotopic (exact) mass is 552 g/mol. The van der Waals surface area contributed by atoms with Crippen LogP contribution in [0.25, 0.3) is 10.9 Å². The Morgan fingerprint density at radius 2 is 1.95 bits per heavy atom. The Kier molecular flexibility index (Phi) is 8.52. The van der Waals surface area contributed by atoms with Gasteiger partial charge in [-0.1, -0.05) is 25.8 Å². The number of pyridine rings is 1. The van der Waals surface area contributed by atoms with E-state index < -0.39 is 17.2 Å². The summed E-state index contributed by atoms with van der Waals surface area (Å²) < 4.78 is 41.6. The third-order valence-corrected chi connectivity index (χ3v) is 6.69. The second-order valence-electron chi connectivity index (χ2n) is 9.15. The van der Waals surface area contributed by atoms with Crippen LogP contribution in [0.2, 0.25) is 0 Å². The van der Waals surface area contributed by atoms with Gasteiger partial charge in [-0.15, -0.1) is 0 Å². The van der Waals surface area contributed by atoms with Crippen molar-refractivity contribution >= 4 is 28.5 Å². The lowest BCUT2D eigenvalue weighted by Crippen LogP contribution is -2.28. The molecule has 1 saturated heterocycles. The number of hydrogen-bond acceptors (Lipinski definition) is 7. The van der Waals surface area contributed by atoms with E-state index in [0.29, 0.717) is 31.6 Å². The fourth-order valence-corrected chi connectivity index (χ4v) is 4.57. The van der Waals surface area contributed by atoms with Crippen molar-refractivity contribution in [3.8, 4) is 23.3 Å². The molecule has 1 aromatic carbocycles. The van der Waals surface area contributed by atoms with Crippen molar-refractivity contribution in [3.05, 3.63) is 53.4 Å². The molecule has 1 aliphatic heterocycles. The Balaban J connectivity index is 1.90. The lowest BCUT2D eigenvalue weighted by atomic mass is 10.1. The number of likely N-dealkylation sites (tertiary alicyclic amines) is 1. The molecular formula is C28H30F2N6O4. The van der Waals surface area contributed by atoms with Crippen LogP contribution in [0.15, 0.2) is 24.9 Å². The number of rotatable bonds is 8. The minimum Gasteiger partial charge on any atom is -0.493 e. The van der Waals surface area contributed by atoms with Crippen LogP contribution in [0.5, 0.6) is 11.5 Å². The number of nitrogens with one attached hydrogen (secondary N) is 1. The normalized spacial score (nSPS) is 14.5. The molecule has 0 aliphatic carbocycles. The van der Waals surface area contributed by atoms with Gasteiger partial charge in [-0.2, -0.15) is 5.10 Å². The maximum Gasteiger partial charge on any atom is 0.255 e. The molecule has 0 bridgehead atoms. The Morgan fingerprint density at radius 1 is 1.25 bits per heavy atom. The summed E-state index contributed by atoms with van der Waals surface area (Å²) >= 11 is 0. The summed E-state index contributed by atoms with van der Waals surface area (Å²) in [5, 5.41) is 7.76. The summed E-state index contributed by atoms with van der Waals surface area (Å²) in [5.74, 6) is 2.14. The summed E-state index contributed by atoms with van der Waals surface area (Å²) in [5.41, 5.74) is 6.32. The van der Waals surface area contributed by atoms with Gasteiger partial charge in [0.05, 0.1) is 36.7 Å². The number of carbonyl (C=O) groups is 2. The van der Waals surface area contributed by atoms with Crippen LogP contribution in [0.1, 0.15) is 53.8 Å². The number of nitrogens with zero attached hydrogens (tertiary/aromatic N) is 4. The molecule has 210 valence electrons. The predicted molar refractivity (Wildman–Crippen MR) is 145 cm³/mol. The van der Waals surface area contributed by atoms with Gasteiger partial charge in [0.25, 0.3) is 5.91 Å². The van der Waals surface area contributed by atoms with Gasteiger partial charge in [0.2, 0.25) is 5.91 Å². The van der Waals surface area contributed by atoms with Crippen LogP contribution in [-0.4, -0.2) is 65.3 Å². The zero-order chi connectivity index (χ0) is 29.0. The number of unbranched alkanes of at least 4 members (excludes halogenated alkanes) is 1. The number of halogens is 2. The van der Waals surface area contributed by atoms with Gasteiger partial charge in [-0.3, -0.25) is 14.3 Å². The van der Waals surface area contributed by atoms with E-state index in [9.17, 15) is 18.4 Å². The zero-order valence-electron chi connectivity index (χ0n) is 22.5. The van der Waals surface area contributed by atoms with Crippen LogP contribution in [0.4, 0.5) is 14.6 Å². The molecule has 0 saturated carbocycles. The van der Waals surface area contributed by atoms with Crippen LogP contribution in [-0.2, 0) is 4.79 Å². The number of carbonyl (C=O) groups excluding carboxylic acids is 2. The first kappa shape index (κ1) is 28.4. The minimum atomic E-state index is -1.01. The third-order valence-electron chi connectivity index (χ3n) is 6.69. The highest BCUT2D eigenvalue weighted by molar-refractivity contribution is 6.09. The largest absolute Gasteiger partial charge is 0.493 e. The average molecular weight is 553 g/mol. The fraction of sp³-hybridized carbons (Fsp3) is 0.357. The average Bonchev–Trinajstić information content (AvgIpc) is 3.59. The molecule has 2 aromatic heterocycles. The van der Waals surface area contributed by atoms with E-state index in [1.807, 2.05) is 6.92 Å². The first-order valence-electron chi connectivity index (χ1n) is 12.7. The van der Waals surface area contributed by atoms with Gasteiger partial charge >= 0.3 is 0 Å². The number of nitrogens with two attached hydrogens (primary N) is 1. The van der Waals surface area contributed by atoms with E-state index in [0.717, 1.165) is 18.9 Å². The van der Waals surface area contributed by atoms with Crippen molar-refractivity contribution in [2.45, 2.75) is 32.2 Å². The minimum absolute atomic E-state index is 0.0387. The Bertz CT molecular complexity index is 1510. The topological polar surface area (TPSA) is 125 Å². The summed E-state index contributed by atoms with van der Waals surface area (Å²) in [4.78, 5) is 31.2. The standard InChI is InChI=1S/C28H30F2N6O4/c1-5-7-11-32-28(38)18-14-33-27(31)23-19(9-8-17-24(29)20(39-3)13-21(40-4)25(17)30)34-36(26(18)23)16-10-12-35(15-16)22(37)6-2/h6,13-14,16H,2,5,7,10-12,15H2,1,3-4H3,(H2,31,33)(H,32,38). The van der Waals surface area contributed by atoms with Gasteiger partial charge in [0.15, 0.2) is 23.1 Å². The van der Waals surface area contributed by atoms with E-state index in [4.69, 9.17) is 15.2 Å². The Labute approximate surface area is 230 Å². The molecule has 1 fully saturated rings. The number of benzene rings is 1. The number of fused-ring (bicyclic) bond motifs is 1. The fourth-order valence-electron chi connectivity index (χ4n) is 4.57. The molecule has 40 heavy (non-hydrogen) atoms. The number of ether oxygens (including phenoxy) is 2. The van der Waals surface area contributed by atoms with Gasteiger partial charge in [-0.05, 0) is 24.8 Å². The second-order valence-corrected chi connectivity index (χ2v) is 9.15. The van der Waals surface area contributed by atoms with Crippen LogP contribution < -0.4 is 20.5 Å². The molecule has 0 radical (unpaired) electrons. The van der Waals surface area contributed by atoms with Gasteiger partial charge in [0, 0.05) is 31.9 Å². The highest BCUT2D eigenvalue weighted by Gasteiger charge is 2.31.